The molecule has 0 aliphatic carbocycles. The van der Waals surface area contributed by atoms with Crippen LogP contribution in [0, 0.1) is 0 Å². The van der Waals surface area contributed by atoms with E-state index in [0.717, 1.165) is 55.6 Å². The smallest absolute Gasteiger partial charge is 0.212 e. The maximum absolute atomic E-state index is 11.1. The summed E-state index contributed by atoms with van der Waals surface area (Å²) in [7, 11) is 6.02. The van der Waals surface area contributed by atoms with Crippen LogP contribution < -0.4 is 18.9 Å². The van der Waals surface area contributed by atoms with Crippen molar-refractivity contribution in [1.82, 2.24) is 9.80 Å². The molecule has 5 heterocycles. The molecule has 5 aliphatic heterocycles. The Bertz CT molecular complexity index is 1720. The molecule has 0 radical (unpaired) electrons. The lowest BCUT2D eigenvalue weighted by Crippen LogP contribution is -2.34. The quantitative estimate of drug-likeness (QED) is 0.237. The first kappa shape index (κ1) is 25.5. The van der Waals surface area contributed by atoms with Crippen LogP contribution in [0.1, 0.15) is 45.5 Å². The fourth-order valence-electron chi connectivity index (χ4n) is 7.07. The average molecular weight is 563 g/mol. The van der Waals surface area contributed by atoms with Gasteiger partial charge < -0.3 is 24.1 Å². The van der Waals surface area contributed by atoms with Crippen LogP contribution in [0.4, 0.5) is 0 Å². The third-order valence-electron chi connectivity index (χ3n) is 9.43. The molecule has 0 unspecified atom stereocenters. The molecule has 42 heavy (non-hydrogen) atoms. The number of phenols is 1. The Hall–Kier alpha value is -4.20. The largest absolute Gasteiger partial charge is 0.504 e. The molecule has 4 aromatic rings. The molecule has 0 saturated carbocycles. The monoisotopic (exact) mass is 562 g/mol. The lowest BCUT2D eigenvalue weighted by molar-refractivity contribution is 0.218. The Kier molecular flexibility index (Phi) is 5.88. The van der Waals surface area contributed by atoms with Crippen molar-refractivity contribution in [2.45, 2.75) is 37.8 Å². The zero-order valence-corrected chi connectivity index (χ0v) is 24.1. The van der Waals surface area contributed by atoms with Crippen molar-refractivity contribution in [2.24, 2.45) is 0 Å². The highest BCUT2D eigenvalue weighted by Gasteiger charge is 2.36. The van der Waals surface area contributed by atoms with Crippen LogP contribution in [0.2, 0.25) is 0 Å². The highest BCUT2D eigenvalue weighted by Crippen LogP contribution is 2.56. The number of phenolic OH excluding ortho intramolecular Hbond substituents is 1. The second-order valence-corrected chi connectivity index (χ2v) is 12.0. The molecule has 0 fully saturated rings. The predicted molar refractivity (Wildman–Crippen MR) is 160 cm³/mol. The third-order valence-corrected chi connectivity index (χ3v) is 9.43. The van der Waals surface area contributed by atoms with Crippen molar-refractivity contribution >= 4 is 0 Å². The van der Waals surface area contributed by atoms with E-state index >= 15 is 0 Å². The first-order valence-corrected chi connectivity index (χ1v) is 14.7. The summed E-state index contributed by atoms with van der Waals surface area (Å²) in [4.78, 5) is 4.78. The lowest BCUT2D eigenvalue weighted by atomic mass is 9.86. The van der Waals surface area contributed by atoms with E-state index in [1.807, 2.05) is 24.3 Å². The minimum Gasteiger partial charge on any atom is -0.504 e. The van der Waals surface area contributed by atoms with Crippen molar-refractivity contribution in [3.05, 3.63) is 94.0 Å². The molecule has 5 aliphatic rings. The van der Waals surface area contributed by atoms with Crippen molar-refractivity contribution in [1.29, 1.82) is 0 Å². The average Bonchev–Trinajstić information content (AvgIpc) is 2.99. The topological polar surface area (TPSA) is 63.6 Å². The molecule has 9 rings (SSSR count). The molecule has 2 atom stereocenters. The van der Waals surface area contributed by atoms with E-state index in [4.69, 9.17) is 18.9 Å². The van der Waals surface area contributed by atoms with Gasteiger partial charge in [-0.1, -0.05) is 18.2 Å². The minimum atomic E-state index is 0.0622. The molecular formula is C35H34N2O5. The fourth-order valence-corrected chi connectivity index (χ4v) is 7.07. The van der Waals surface area contributed by atoms with Gasteiger partial charge in [0.15, 0.2) is 34.5 Å². The van der Waals surface area contributed by atoms with Crippen molar-refractivity contribution in [3.63, 3.8) is 0 Å². The number of fused-ring (bicyclic) bond motifs is 2. The van der Waals surface area contributed by atoms with Gasteiger partial charge in [-0.15, -0.1) is 0 Å². The molecule has 7 nitrogen and oxygen atoms in total. The lowest BCUT2D eigenvalue weighted by Gasteiger charge is -2.38. The molecular weight excluding hydrogens is 528 g/mol. The Balaban J connectivity index is 1.32. The van der Waals surface area contributed by atoms with Crippen LogP contribution in [0.15, 0.2) is 60.7 Å². The number of methoxy groups -OCH3 is 1. The van der Waals surface area contributed by atoms with E-state index in [9.17, 15) is 5.11 Å². The number of ether oxygens (including phenoxy) is 4. The summed E-state index contributed by atoms with van der Waals surface area (Å²) in [6, 6.07) is 20.9. The van der Waals surface area contributed by atoms with Gasteiger partial charge >= 0.3 is 0 Å². The van der Waals surface area contributed by atoms with E-state index in [1.54, 1.807) is 7.11 Å². The Morgan fingerprint density at radius 1 is 0.714 bits per heavy atom. The summed E-state index contributed by atoms with van der Waals surface area (Å²) < 4.78 is 25.3. The van der Waals surface area contributed by atoms with Gasteiger partial charge in [0.2, 0.25) is 5.75 Å². The summed E-state index contributed by atoms with van der Waals surface area (Å²) in [6.07, 6.45) is 3.35. The Morgan fingerprint density at radius 2 is 1.40 bits per heavy atom. The van der Waals surface area contributed by atoms with Gasteiger partial charge in [-0.25, -0.2) is 0 Å². The summed E-state index contributed by atoms with van der Waals surface area (Å²) in [5.41, 5.74) is 7.04. The SMILES string of the molecule is COc1ccc2cc1Oc1ccc(cc1)C[C@H]1c3c(cc(O)c4c3Oc3cc5c(cc3O4)CCN(C)[C@H]5C2)CCN1C. The van der Waals surface area contributed by atoms with Crippen LogP contribution in [0.3, 0.4) is 0 Å². The van der Waals surface area contributed by atoms with Crippen LogP contribution in [0.5, 0.6) is 46.0 Å². The molecule has 7 bridgehead atoms. The summed E-state index contributed by atoms with van der Waals surface area (Å²) in [5, 5.41) is 11.1. The number of aromatic hydroxyl groups is 1. The van der Waals surface area contributed by atoms with E-state index in [0.29, 0.717) is 34.5 Å². The first-order chi connectivity index (χ1) is 20.4. The Labute approximate surface area is 245 Å². The molecule has 7 heteroatoms. The number of benzene rings is 4. The molecule has 0 aromatic heterocycles. The van der Waals surface area contributed by atoms with Gasteiger partial charge in [0.05, 0.1) is 7.11 Å². The molecule has 0 spiro atoms. The number of hydrogen-bond donors (Lipinski definition) is 1. The van der Waals surface area contributed by atoms with E-state index in [2.05, 4.69) is 60.3 Å². The summed E-state index contributed by atoms with van der Waals surface area (Å²) >= 11 is 0. The van der Waals surface area contributed by atoms with Crippen LogP contribution in [0.25, 0.3) is 0 Å². The maximum Gasteiger partial charge on any atom is 0.212 e. The van der Waals surface area contributed by atoms with Gasteiger partial charge in [0.25, 0.3) is 0 Å². The minimum absolute atomic E-state index is 0.0622. The van der Waals surface area contributed by atoms with Gasteiger partial charge in [-0.3, -0.25) is 9.80 Å². The fraction of sp³-hybridized carbons (Fsp3) is 0.314. The van der Waals surface area contributed by atoms with Crippen LogP contribution >= 0.6 is 0 Å². The number of rotatable bonds is 1. The molecule has 4 aromatic carbocycles. The van der Waals surface area contributed by atoms with Crippen LogP contribution in [-0.2, 0) is 25.7 Å². The standard InChI is InChI=1S/C35H34N2O5/c1-36-12-10-22-18-31-32-19-25(22)26(36)15-21-6-9-29(39-3)30(16-21)40-24-7-4-20(5-8-24)14-27-33-23(11-13-37(27)2)17-28(38)34(41-31)35(33)42-32/h4-9,16-19,26-27,38H,10-15H2,1-3H3/t26-,27-/m0/s1. The highest BCUT2D eigenvalue weighted by atomic mass is 16.6. The van der Waals surface area contributed by atoms with Gasteiger partial charge in [-0.05, 0) is 110 Å². The van der Waals surface area contributed by atoms with Crippen LogP contribution in [-0.4, -0.2) is 49.2 Å². The van der Waals surface area contributed by atoms with Gasteiger partial charge in [0, 0.05) is 30.7 Å². The van der Waals surface area contributed by atoms with E-state index in [1.165, 1.54) is 22.3 Å². The van der Waals surface area contributed by atoms with E-state index < -0.39 is 0 Å². The molecule has 1 N–H and O–H groups in total. The van der Waals surface area contributed by atoms with Crippen molar-refractivity contribution in [3.8, 4) is 46.0 Å². The van der Waals surface area contributed by atoms with E-state index in [-0.39, 0.29) is 17.8 Å². The Morgan fingerprint density at radius 3 is 2.21 bits per heavy atom. The molecule has 0 saturated heterocycles. The third kappa shape index (κ3) is 4.10. The number of likely N-dealkylation sites (N-methyl/N-ethyl adjacent to an activating group) is 2. The van der Waals surface area contributed by atoms with Gasteiger partial charge in [0.1, 0.15) is 5.75 Å². The predicted octanol–water partition coefficient (Wildman–Crippen LogP) is 6.95. The second kappa shape index (κ2) is 9.68. The molecule has 214 valence electrons. The first-order valence-electron chi connectivity index (χ1n) is 14.7. The zero-order valence-electron chi connectivity index (χ0n) is 24.1. The van der Waals surface area contributed by atoms with Crippen molar-refractivity contribution < 1.29 is 24.1 Å². The molecule has 0 amide bonds. The zero-order chi connectivity index (χ0) is 28.5. The highest BCUT2D eigenvalue weighted by molar-refractivity contribution is 5.67. The number of nitrogens with zero attached hydrogens (tertiary/aromatic N) is 2. The number of hydrogen-bond acceptors (Lipinski definition) is 7. The van der Waals surface area contributed by atoms with Crippen molar-refractivity contribution in [2.75, 3.05) is 34.3 Å². The normalized spacial score (nSPS) is 20.6. The summed E-state index contributed by atoms with van der Waals surface area (Å²) in [5.74, 6) is 4.72. The maximum atomic E-state index is 11.1. The summed E-state index contributed by atoms with van der Waals surface area (Å²) in [6.45, 7) is 1.83. The van der Waals surface area contributed by atoms with Gasteiger partial charge in [-0.2, -0.15) is 0 Å². The second-order valence-electron chi connectivity index (χ2n) is 12.0.